The van der Waals surface area contributed by atoms with Crippen LogP contribution in [0.25, 0.3) is 0 Å². The zero-order chi connectivity index (χ0) is 22.1. The minimum atomic E-state index is -0.433. The molecule has 1 unspecified atom stereocenters. The van der Waals surface area contributed by atoms with Crippen LogP contribution in [0.5, 0.6) is 0 Å². The normalized spacial score (nSPS) is 19.5. The number of carbonyl (C=O) groups excluding carboxylic acids is 2. The molecule has 31 heavy (non-hydrogen) atoms. The lowest BCUT2D eigenvalue weighted by atomic mass is 9.73. The van der Waals surface area contributed by atoms with E-state index in [4.69, 9.17) is 27.4 Å². The lowest BCUT2D eigenvalue weighted by Crippen LogP contribution is -2.42. The molecule has 1 atom stereocenters. The number of esters is 2. The summed E-state index contributed by atoms with van der Waals surface area (Å²) in [6.45, 7) is 7.82. The smallest absolute Gasteiger partial charge is 0.336 e. The summed E-state index contributed by atoms with van der Waals surface area (Å²) in [6.07, 6.45) is 7.87. The molecule has 174 valence electrons. The lowest BCUT2D eigenvalue weighted by molar-refractivity contribution is -0.140. The highest BCUT2D eigenvalue weighted by molar-refractivity contribution is 7.80. The third-order valence-electron chi connectivity index (χ3n) is 5.55. The number of carbonyl (C=O) groups is 2. The third-order valence-corrected chi connectivity index (χ3v) is 5.69. The molecule has 0 radical (unpaired) electrons. The summed E-state index contributed by atoms with van der Waals surface area (Å²) in [4.78, 5) is 26.1. The van der Waals surface area contributed by atoms with Crippen LogP contribution in [0.3, 0.4) is 0 Å². The van der Waals surface area contributed by atoms with Crippen molar-refractivity contribution >= 4 is 41.7 Å². The molecule has 0 aromatic rings. The Labute approximate surface area is 196 Å². The number of dihydropyridines is 1. The summed E-state index contributed by atoms with van der Waals surface area (Å²) < 4.78 is 10.8. The largest absolute Gasteiger partial charge is 0.463 e. The van der Waals surface area contributed by atoms with E-state index in [1.165, 1.54) is 6.08 Å². The summed E-state index contributed by atoms with van der Waals surface area (Å²) >= 11 is 4.94. The van der Waals surface area contributed by atoms with Crippen molar-refractivity contribution in [2.24, 2.45) is 17.6 Å². The number of rotatable bonds is 8. The van der Waals surface area contributed by atoms with Gasteiger partial charge in [-0.3, -0.25) is 0 Å². The second kappa shape index (κ2) is 13.4. The molecular weight excluding hydrogens is 438 g/mol. The van der Waals surface area contributed by atoms with Crippen LogP contribution in [0.1, 0.15) is 52.4 Å². The first-order valence-electron chi connectivity index (χ1n) is 10.6. The van der Waals surface area contributed by atoms with E-state index in [0.717, 1.165) is 38.5 Å². The standard InChI is InChI=1S/C22H33N3O4S.ClH/c1-4-12-29-20(26)17-14(3)25-16(13-24-22(23)30)19(21(27)28-5-2)18(17)15-10-8-6-7-9-11-15;/h4,15,18,25H,1,5-13H2,2-3H3,(H3,23,24,30);1H. The fourth-order valence-electron chi connectivity index (χ4n) is 4.31. The van der Waals surface area contributed by atoms with Gasteiger partial charge in [-0.1, -0.05) is 38.3 Å². The van der Waals surface area contributed by atoms with Gasteiger partial charge in [0.2, 0.25) is 0 Å². The average molecular weight is 472 g/mol. The Kier molecular flexibility index (Phi) is 11.6. The predicted octanol–water partition coefficient (Wildman–Crippen LogP) is 3.25. The number of nitrogens with two attached hydrogens (primary N) is 1. The topological polar surface area (TPSA) is 103 Å². The van der Waals surface area contributed by atoms with Gasteiger partial charge in [0.15, 0.2) is 5.11 Å². The predicted molar refractivity (Wildman–Crippen MR) is 127 cm³/mol. The molecule has 2 rings (SSSR count). The Hall–Kier alpha value is -2.06. The third kappa shape index (κ3) is 7.25. The van der Waals surface area contributed by atoms with Crippen LogP contribution >= 0.6 is 24.6 Å². The number of hydrogen-bond acceptors (Lipinski definition) is 6. The highest BCUT2D eigenvalue weighted by Crippen LogP contribution is 2.42. The summed E-state index contributed by atoms with van der Waals surface area (Å²) in [6, 6.07) is 0. The highest BCUT2D eigenvalue weighted by atomic mass is 35.5. The van der Waals surface area contributed by atoms with Crippen molar-refractivity contribution < 1.29 is 19.1 Å². The van der Waals surface area contributed by atoms with Crippen LogP contribution < -0.4 is 16.4 Å². The Morgan fingerprint density at radius 3 is 2.35 bits per heavy atom. The van der Waals surface area contributed by atoms with E-state index >= 15 is 0 Å². The summed E-state index contributed by atoms with van der Waals surface area (Å²) in [5.74, 6) is -1.11. The van der Waals surface area contributed by atoms with Gasteiger partial charge in [-0.25, -0.2) is 9.59 Å². The van der Waals surface area contributed by atoms with E-state index in [1.807, 2.05) is 6.92 Å². The van der Waals surface area contributed by atoms with Gasteiger partial charge in [0.25, 0.3) is 0 Å². The number of ether oxygens (including phenoxy) is 2. The number of nitrogens with one attached hydrogen (secondary N) is 2. The zero-order valence-electron chi connectivity index (χ0n) is 18.3. The molecule has 2 aliphatic rings. The van der Waals surface area contributed by atoms with Crippen LogP contribution in [0.15, 0.2) is 35.2 Å². The minimum Gasteiger partial charge on any atom is -0.463 e. The maximum absolute atomic E-state index is 13.1. The maximum atomic E-state index is 13.1. The molecule has 4 N–H and O–H groups in total. The van der Waals surface area contributed by atoms with Crippen LogP contribution in [-0.2, 0) is 19.1 Å². The van der Waals surface area contributed by atoms with Crippen LogP contribution in [-0.4, -0.2) is 36.8 Å². The quantitative estimate of drug-likeness (QED) is 0.214. The van der Waals surface area contributed by atoms with Gasteiger partial charge >= 0.3 is 11.9 Å². The van der Waals surface area contributed by atoms with E-state index in [2.05, 4.69) is 17.2 Å². The molecule has 1 saturated carbocycles. The van der Waals surface area contributed by atoms with Crippen molar-refractivity contribution in [2.45, 2.75) is 52.4 Å². The van der Waals surface area contributed by atoms with Gasteiger partial charge in [-0.15, -0.1) is 12.4 Å². The molecule has 1 aliphatic heterocycles. The second-order valence-electron chi connectivity index (χ2n) is 7.61. The molecule has 7 nitrogen and oxygen atoms in total. The Morgan fingerprint density at radius 2 is 1.81 bits per heavy atom. The monoisotopic (exact) mass is 471 g/mol. The van der Waals surface area contributed by atoms with Crippen molar-refractivity contribution in [2.75, 3.05) is 19.8 Å². The van der Waals surface area contributed by atoms with E-state index < -0.39 is 17.9 Å². The molecule has 0 spiro atoms. The van der Waals surface area contributed by atoms with Gasteiger partial charge in [-0.2, -0.15) is 0 Å². The SMILES string of the molecule is C=CCOC(=O)C1=C(C)NC(CNC(N)=S)=C(C(=O)OCC)C1C1CCCCCC1.Cl. The molecule has 0 bridgehead atoms. The van der Waals surface area contributed by atoms with Crippen LogP contribution in [0, 0.1) is 11.8 Å². The fourth-order valence-corrected chi connectivity index (χ4v) is 4.38. The second-order valence-corrected chi connectivity index (χ2v) is 8.05. The fraction of sp³-hybridized carbons (Fsp3) is 0.591. The van der Waals surface area contributed by atoms with Crippen LogP contribution in [0.4, 0.5) is 0 Å². The average Bonchev–Trinajstić information content (AvgIpc) is 2.99. The van der Waals surface area contributed by atoms with Crippen molar-refractivity contribution in [3.05, 3.63) is 35.2 Å². The Bertz CT molecular complexity index is 743. The number of halogens is 1. The minimum absolute atomic E-state index is 0. The van der Waals surface area contributed by atoms with Crippen molar-refractivity contribution in [3.63, 3.8) is 0 Å². The van der Waals surface area contributed by atoms with Crippen molar-refractivity contribution in [1.82, 2.24) is 10.6 Å². The molecule has 9 heteroatoms. The Balaban J connectivity index is 0.00000480. The van der Waals surface area contributed by atoms with E-state index in [1.54, 1.807) is 6.92 Å². The lowest BCUT2D eigenvalue weighted by Gasteiger charge is -2.35. The van der Waals surface area contributed by atoms with E-state index in [0.29, 0.717) is 22.5 Å². The molecule has 0 saturated heterocycles. The first kappa shape index (κ1) is 27.0. The van der Waals surface area contributed by atoms with Crippen molar-refractivity contribution in [3.8, 4) is 0 Å². The number of allylic oxidation sites excluding steroid dienone is 1. The molecule has 0 aromatic heterocycles. The van der Waals surface area contributed by atoms with Crippen LogP contribution in [0.2, 0.25) is 0 Å². The molecular formula is C22H34ClN3O4S. The molecule has 1 fully saturated rings. The molecule has 1 heterocycles. The first-order valence-corrected chi connectivity index (χ1v) is 11.0. The summed E-state index contributed by atoms with van der Waals surface area (Å²) in [7, 11) is 0. The summed E-state index contributed by atoms with van der Waals surface area (Å²) in [5.41, 5.74) is 7.87. The molecule has 1 aliphatic carbocycles. The van der Waals surface area contributed by atoms with Gasteiger partial charge in [0, 0.05) is 17.3 Å². The van der Waals surface area contributed by atoms with E-state index in [-0.39, 0.29) is 43.2 Å². The molecule has 0 amide bonds. The number of hydrogen-bond donors (Lipinski definition) is 3. The molecule has 0 aromatic carbocycles. The van der Waals surface area contributed by atoms with Gasteiger partial charge < -0.3 is 25.8 Å². The van der Waals surface area contributed by atoms with Gasteiger partial charge in [0.1, 0.15) is 6.61 Å². The van der Waals surface area contributed by atoms with Gasteiger partial charge in [-0.05, 0) is 44.8 Å². The summed E-state index contributed by atoms with van der Waals surface area (Å²) in [5, 5.41) is 6.25. The van der Waals surface area contributed by atoms with E-state index in [9.17, 15) is 9.59 Å². The number of thiocarbonyl (C=S) groups is 1. The maximum Gasteiger partial charge on any atom is 0.336 e. The van der Waals surface area contributed by atoms with Gasteiger partial charge in [0.05, 0.1) is 24.3 Å². The Morgan fingerprint density at radius 1 is 1.19 bits per heavy atom. The van der Waals surface area contributed by atoms with Crippen molar-refractivity contribution in [1.29, 1.82) is 0 Å². The highest BCUT2D eigenvalue weighted by Gasteiger charge is 2.42. The zero-order valence-corrected chi connectivity index (χ0v) is 20.0. The first-order chi connectivity index (χ1) is 14.4.